The van der Waals surface area contributed by atoms with E-state index in [-0.39, 0.29) is 5.54 Å². The fraction of sp³-hybridized carbons (Fsp3) is 0.667. The van der Waals surface area contributed by atoms with Crippen molar-refractivity contribution in [2.24, 2.45) is 4.99 Å². The van der Waals surface area contributed by atoms with Crippen LogP contribution in [0.3, 0.4) is 0 Å². The van der Waals surface area contributed by atoms with Crippen LogP contribution in [0.2, 0.25) is 0 Å². The molecule has 1 aromatic rings. The predicted molar refractivity (Wildman–Crippen MR) is 43.6 cm³/mol. The highest BCUT2D eigenvalue weighted by atomic mass is 14.8. The molecule has 0 aliphatic carbocycles. The minimum atomic E-state index is 0.0916. The van der Waals surface area contributed by atoms with E-state index in [9.17, 15) is 0 Å². The van der Waals surface area contributed by atoms with E-state index in [1.54, 1.807) is 0 Å². The second-order valence-electron chi connectivity index (χ2n) is 3.88. The van der Waals surface area contributed by atoms with Gasteiger partial charge in [-0.25, -0.2) is 0 Å². The largest absolute Gasteiger partial charge is 0.279 e. The van der Waals surface area contributed by atoms with Gasteiger partial charge in [0.25, 0.3) is 0 Å². The molecule has 0 heterocycles. The van der Waals surface area contributed by atoms with Crippen molar-refractivity contribution < 1.29 is 0 Å². The Labute approximate surface area is 62.5 Å². The van der Waals surface area contributed by atoms with Gasteiger partial charge in [0.1, 0.15) is 0 Å². The third-order valence-electron chi connectivity index (χ3n) is 1.66. The van der Waals surface area contributed by atoms with Gasteiger partial charge in [-0.3, -0.25) is 4.99 Å². The molecule has 0 aromatic heterocycles. The Morgan fingerprint density at radius 3 is 1.50 bits per heavy atom. The van der Waals surface area contributed by atoms with Crippen LogP contribution in [0.25, 0.3) is 0 Å². The smallest absolute Gasteiger partial charge is 0.0645 e. The van der Waals surface area contributed by atoms with E-state index >= 15 is 0 Å². The molecule has 1 nitrogen and oxygen atoms in total. The lowest BCUT2D eigenvalue weighted by Gasteiger charge is -2.08. The van der Waals surface area contributed by atoms with Gasteiger partial charge < -0.3 is 0 Å². The van der Waals surface area contributed by atoms with Gasteiger partial charge in [0.15, 0.2) is 0 Å². The van der Waals surface area contributed by atoms with Crippen LogP contribution in [0.4, 0.5) is 0 Å². The summed E-state index contributed by atoms with van der Waals surface area (Å²) in [6.07, 6.45) is 0. The molecule has 0 saturated carbocycles. The van der Waals surface area contributed by atoms with Crippen LogP contribution in [0.15, 0.2) is 4.99 Å². The third kappa shape index (κ3) is 1.47. The lowest BCUT2D eigenvalue weighted by Crippen LogP contribution is -2.12. The molecular formula is C9H15N. The first kappa shape index (κ1) is 7.52. The van der Waals surface area contributed by atoms with E-state index < -0.39 is 0 Å². The van der Waals surface area contributed by atoms with Crippen molar-refractivity contribution in [1.82, 2.24) is 0 Å². The number of rotatable bonds is 0. The SMILES string of the molecule is Cc1c(C)c1=NC(C)(C)C. The minimum Gasteiger partial charge on any atom is -0.279 e. The van der Waals surface area contributed by atoms with Gasteiger partial charge in [-0.15, -0.1) is 0 Å². The second-order valence-corrected chi connectivity index (χ2v) is 3.88. The Morgan fingerprint density at radius 2 is 1.40 bits per heavy atom. The molecule has 1 rings (SSSR count). The molecule has 56 valence electrons. The van der Waals surface area contributed by atoms with E-state index in [0.717, 1.165) is 0 Å². The minimum absolute atomic E-state index is 0.0916. The Morgan fingerprint density at radius 1 is 1.00 bits per heavy atom. The zero-order valence-corrected chi connectivity index (χ0v) is 7.45. The van der Waals surface area contributed by atoms with Crippen molar-refractivity contribution in [2.75, 3.05) is 0 Å². The molecular weight excluding hydrogens is 122 g/mol. The average Bonchev–Trinajstić information content (AvgIpc) is 2.19. The Balaban J connectivity index is 2.88. The van der Waals surface area contributed by atoms with Gasteiger partial charge in [-0.2, -0.15) is 0 Å². The standard InChI is InChI=1S/C9H15N/c1-6-7(2)8(6)10-9(3,4)5/h1-5H3. The summed E-state index contributed by atoms with van der Waals surface area (Å²) >= 11 is 0. The fourth-order valence-electron chi connectivity index (χ4n) is 0.893. The van der Waals surface area contributed by atoms with Crippen molar-refractivity contribution in [3.63, 3.8) is 0 Å². The van der Waals surface area contributed by atoms with Crippen molar-refractivity contribution in [1.29, 1.82) is 0 Å². The molecule has 0 atom stereocenters. The van der Waals surface area contributed by atoms with E-state index in [2.05, 4.69) is 39.6 Å². The number of hydrogen-bond acceptors (Lipinski definition) is 1. The monoisotopic (exact) mass is 137 g/mol. The molecule has 0 amide bonds. The maximum atomic E-state index is 4.53. The molecule has 0 N–H and O–H groups in total. The fourth-order valence-corrected chi connectivity index (χ4v) is 0.893. The topological polar surface area (TPSA) is 12.4 Å². The zero-order valence-electron chi connectivity index (χ0n) is 7.45. The van der Waals surface area contributed by atoms with E-state index in [1.807, 2.05) is 0 Å². The van der Waals surface area contributed by atoms with Gasteiger partial charge in [-0.05, 0) is 45.7 Å². The highest BCUT2D eigenvalue weighted by molar-refractivity contribution is 5.35. The van der Waals surface area contributed by atoms with Crippen molar-refractivity contribution >= 4 is 0 Å². The molecule has 1 aromatic carbocycles. The summed E-state index contributed by atoms with van der Waals surface area (Å²) in [5, 5.41) is 1.24. The van der Waals surface area contributed by atoms with Crippen LogP contribution in [-0.2, 0) is 0 Å². The first-order valence-corrected chi connectivity index (χ1v) is 3.70. The highest BCUT2D eigenvalue weighted by Crippen LogP contribution is 2.10. The van der Waals surface area contributed by atoms with Crippen LogP contribution < -0.4 is 5.36 Å². The summed E-state index contributed by atoms with van der Waals surface area (Å²) in [6, 6.07) is 0. The van der Waals surface area contributed by atoms with Crippen LogP contribution >= 0.6 is 0 Å². The highest BCUT2D eigenvalue weighted by Gasteiger charge is 2.13. The molecule has 0 spiro atoms. The molecule has 0 saturated heterocycles. The summed E-state index contributed by atoms with van der Waals surface area (Å²) in [7, 11) is 0. The van der Waals surface area contributed by atoms with Crippen LogP contribution in [0, 0.1) is 13.8 Å². The van der Waals surface area contributed by atoms with E-state index in [1.165, 1.54) is 16.5 Å². The summed E-state index contributed by atoms with van der Waals surface area (Å²) < 4.78 is 0. The van der Waals surface area contributed by atoms with Crippen LogP contribution in [0.1, 0.15) is 31.9 Å². The van der Waals surface area contributed by atoms with Crippen molar-refractivity contribution in [2.45, 2.75) is 40.2 Å². The molecule has 0 aliphatic rings. The van der Waals surface area contributed by atoms with E-state index in [0.29, 0.717) is 0 Å². The molecule has 0 radical (unpaired) electrons. The van der Waals surface area contributed by atoms with E-state index in [4.69, 9.17) is 0 Å². The molecule has 10 heavy (non-hydrogen) atoms. The number of hydrogen-bond donors (Lipinski definition) is 0. The average molecular weight is 137 g/mol. The Bertz CT molecular complexity index is 237. The van der Waals surface area contributed by atoms with Gasteiger partial charge in [0, 0.05) is 0 Å². The maximum absolute atomic E-state index is 4.53. The normalized spacial score (nSPS) is 12.5. The molecule has 1 heteroatoms. The Kier molecular flexibility index (Phi) is 1.46. The zero-order chi connectivity index (χ0) is 7.94. The van der Waals surface area contributed by atoms with Crippen LogP contribution in [-0.4, -0.2) is 5.54 Å². The van der Waals surface area contributed by atoms with Gasteiger partial charge in [0.2, 0.25) is 0 Å². The first-order chi connectivity index (χ1) is 4.42. The van der Waals surface area contributed by atoms with Crippen molar-refractivity contribution in [3.05, 3.63) is 16.5 Å². The second kappa shape index (κ2) is 1.94. The van der Waals surface area contributed by atoms with Gasteiger partial charge >= 0.3 is 0 Å². The Hall–Kier alpha value is -0.590. The van der Waals surface area contributed by atoms with Crippen molar-refractivity contribution in [3.8, 4) is 0 Å². The quantitative estimate of drug-likeness (QED) is 0.517. The lowest BCUT2D eigenvalue weighted by atomic mass is 10.1. The van der Waals surface area contributed by atoms with Crippen LogP contribution in [0.5, 0.6) is 0 Å². The van der Waals surface area contributed by atoms with Gasteiger partial charge in [-0.1, -0.05) is 0 Å². The predicted octanol–water partition coefficient (Wildman–Crippen LogP) is 1.88. The number of nitrogens with zero attached hydrogens (tertiary/aromatic N) is 1. The molecule has 0 fully saturated rings. The molecule has 0 bridgehead atoms. The van der Waals surface area contributed by atoms with Gasteiger partial charge in [0.05, 0.1) is 10.9 Å². The summed E-state index contributed by atoms with van der Waals surface area (Å²) in [5.41, 5.74) is 2.86. The summed E-state index contributed by atoms with van der Waals surface area (Å²) in [4.78, 5) is 4.53. The molecule has 0 unspecified atom stereocenters. The molecule has 0 aliphatic heterocycles. The third-order valence-corrected chi connectivity index (χ3v) is 1.66. The summed E-state index contributed by atoms with van der Waals surface area (Å²) in [6.45, 7) is 10.6. The summed E-state index contributed by atoms with van der Waals surface area (Å²) in [5.74, 6) is 0. The first-order valence-electron chi connectivity index (χ1n) is 3.70. The lowest BCUT2D eigenvalue weighted by molar-refractivity contribution is 0.569. The maximum Gasteiger partial charge on any atom is 0.0645 e.